The van der Waals surface area contributed by atoms with Crippen LogP contribution < -0.4 is 10.4 Å². The molecule has 0 saturated carbocycles. The van der Waals surface area contributed by atoms with Crippen molar-refractivity contribution in [3.05, 3.63) is 52.0 Å². The highest BCUT2D eigenvalue weighted by atomic mass is 16.5. The predicted molar refractivity (Wildman–Crippen MR) is 117 cm³/mol. The highest BCUT2D eigenvalue weighted by Crippen LogP contribution is 2.33. The van der Waals surface area contributed by atoms with Crippen LogP contribution in [0.5, 0.6) is 5.75 Å². The van der Waals surface area contributed by atoms with Gasteiger partial charge in [-0.15, -0.1) is 0 Å². The van der Waals surface area contributed by atoms with Crippen LogP contribution in [0.1, 0.15) is 64.3 Å². The van der Waals surface area contributed by atoms with Crippen LogP contribution in [0.15, 0.2) is 46.3 Å². The molecule has 1 aromatic carbocycles. The Morgan fingerprint density at radius 3 is 2.72 bits per heavy atom. The highest BCUT2D eigenvalue weighted by Gasteiger charge is 2.21. The molecule has 0 aliphatic heterocycles. The number of allylic oxidation sites excluding steroid dienone is 3. The molecule has 1 unspecified atom stereocenters. The summed E-state index contributed by atoms with van der Waals surface area (Å²) in [6.07, 6.45) is 13.7. The molecule has 2 aromatic rings. The van der Waals surface area contributed by atoms with Crippen molar-refractivity contribution >= 4 is 11.0 Å². The van der Waals surface area contributed by atoms with Crippen LogP contribution in [0.25, 0.3) is 11.0 Å². The van der Waals surface area contributed by atoms with Crippen LogP contribution in [-0.2, 0) is 4.74 Å². The van der Waals surface area contributed by atoms with E-state index in [-0.39, 0.29) is 11.7 Å². The molecule has 0 amide bonds. The molecule has 0 spiro atoms. The van der Waals surface area contributed by atoms with E-state index in [1.807, 2.05) is 29.7 Å². The van der Waals surface area contributed by atoms with E-state index >= 15 is 0 Å². The van der Waals surface area contributed by atoms with Crippen molar-refractivity contribution in [3.8, 4) is 5.75 Å². The van der Waals surface area contributed by atoms with Gasteiger partial charge in [0.05, 0.1) is 23.7 Å². The second kappa shape index (κ2) is 9.04. The molecule has 1 aromatic heterocycles. The molecule has 0 fully saturated rings. The number of rotatable bonds is 6. The summed E-state index contributed by atoms with van der Waals surface area (Å²) in [7, 11) is 1.81. The third kappa shape index (κ3) is 4.50. The third-order valence-electron chi connectivity index (χ3n) is 6.34. The van der Waals surface area contributed by atoms with Gasteiger partial charge in [0.2, 0.25) is 0 Å². The molecule has 5 nitrogen and oxygen atoms in total. The van der Waals surface area contributed by atoms with E-state index in [2.05, 4.69) is 17.1 Å². The number of ether oxygens (including phenoxy) is 2. The van der Waals surface area contributed by atoms with Gasteiger partial charge in [-0.3, -0.25) is 4.57 Å². The summed E-state index contributed by atoms with van der Waals surface area (Å²) >= 11 is 0. The molecular formula is C24H32N2O3. The monoisotopic (exact) mass is 396 g/mol. The zero-order valence-corrected chi connectivity index (χ0v) is 17.6. The van der Waals surface area contributed by atoms with E-state index in [0.717, 1.165) is 68.1 Å². The first-order valence-electron chi connectivity index (χ1n) is 10.9. The Labute approximate surface area is 172 Å². The number of nitrogens with one attached hydrogen (secondary N) is 1. The van der Waals surface area contributed by atoms with Crippen molar-refractivity contribution < 1.29 is 9.47 Å². The van der Waals surface area contributed by atoms with E-state index in [9.17, 15) is 4.79 Å². The number of fused-ring (bicyclic) bond motifs is 1. The van der Waals surface area contributed by atoms with Crippen molar-refractivity contribution in [2.24, 2.45) is 0 Å². The molecule has 0 radical (unpaired) electrons. The van der Waals surface area contributed by atoms with Gasteiger partial charge in [-0.25, -0.2) is 4.79 Å². The molecule has 1 heterocycles. The van der Waals surface area contributed by atoms with Crippen LogP contribution in [0.2, 0.25) is 0 Å². The molecule has 1 N–H and O–H groups in total. The van der Waals surface area contributed by atoms with E-state index in [4.69, 9.17) is 9.47 Å². The molecule has 156 valence electrons. The molecule has 5 heteroatoms. The number of aromatic amines is 1. The Morgan fingerprint density at radius 1 is 1.14 bits per heavy atom. The Bertz CT molecular complexity index is 966. The number of imidazole rings is 1. The minimum absolute atomic E-state index is 0.0114. The Balaban J connectivity index is 1.47. The number of benzene rings is 1. The Hall–Kier alpha value is -2.27. The molecule has 0 bridgehead atoms. The van der Waals surface area contributed by atoms with Crippen molar-refractivity contribution in [1.29, 1.82) is 0 Å². The first-order chi connectivity index (χ1) is 14.2. The van der Waals surface area contributed by atoms with Crippen molar-refractivity contribution in [2.75, 3.05) is 13.7 Å². The van der Waals surface area contributed by atoms with Crippen LogP contribution in [0.3, 0.4) is 0 Å². The minimum atomic E-state index is -0.0114. The summed E-state index contributed by atoms with van der Waals surface area (Å²) < 4.78 is 13.1. The summed E-state index contributed by atoms with van der Waals surface area (Å²) in [4.78, 5) is 15.7. The maximum absolute atomic E-state index is 12.7. The fourth-order valence-corrected chi connectivity index (χ4v) is 4.75. The molecular weight excluding hydrogens is 364 g/mol. The van der Waals surface area contributed by atoms with Crippen molar-refractivity contribution in [2.45, 2.75) is 70.4 Å². The number of nitrogens with zero attached hydrogens (tertiary/aromatic N) is 1. The number of aromatic nitrogens is 2. The largest absolute Gasteiger partial charge is 0.494 e. The number of hydrogen-bond donors (Lipinski definition) is 1. The summed E-state index contributed by atoms with van der Waals surface area (Å²) in [6.45, 7) is 2.60. The maximum atomic E-state index is 12.7. The summed E-state index contributed by atoms with van der Waals surface area (Å²) in [5.74, 6) is 0.818. The molecule has 29 heavy (non-hydrogen) atoms. The second-order valence-electron chi connectivity index (χ2n) is 8.22. The van der Waals surface area contributed by atoms with E-state index in [1.54, 1.807) is 12.7 Å². The quantitative estimate of drug-likeness (QED) is 0.676. The number of hydrogen-bond acceptors (Lipinski definition) is 3. The average molecular weight is 397 g/mol. The third-order valence-corrected chi connectivity index (χ3v) is 6.34. The normalized spacial score (nSPS) is 22.8. The molecule has 2 atom stereocenters. The maximum Gasteiger partial charge on any atom is 0.326 e. The zero-order chi connectivity index (χ0) is 20.2. The SMILES string of the molecule is CCOc1ccc2[nH]c(=O)n(C3CCC=C(CC4=CC[C@@H](OC)CC4)CC3)c2c1. The molecule has 0 saturated heterocycles. The van der Waals surface area contributed by atoms with Crippen LogP contribution in [-0.4, -0.2) is 29.4 Å². The first-order valence-corrected chi connectivity index (χ1v) is 10.9. The van der Waals surface area contributed by atoms with Gasteiger partial charge < -0.3 is 14.5 Å². The van der Waals surface area contributed by atoms with Gasteiger partial charge in [-0.2, -0.15) is 0 Å². The molecule has 2 aliphatic carbocycles. The van der Waals surface area contributed by atoms with E-state index in [1.165, 1.54) is 5.57 Å². The zero-order valence-electron chi connectivity index (χ0n) is 17.6. The number of methoxy groups -OCH3 is 1. The predicted octanol–water partition coefficient (Wildman–Crippen LogP) is 5.29. The van der Waals surface area contributed by atoms with Gasteiger partial charge in [-0.05, 0) is 70.4 Å². The van der Waals surface area contributed by atoms with Gasteiger partial charge in [0.1, 0.15) is 5.75 Å². The highest BCUT2D eigenvalue weighted by molar-refractivity contribution is 5.77. The molecule has 4 rings (SSSR count). The number of H-pyrrole nitrogens is 1. The fraction of sp³-hybridized carbons (Fsp3) is 0.542. The van der Waals surface area contributed by atoms with Crippen LogP contribution in [0, 0.1) is 0 Å². The van der Waals surface area contributed by atoms with Crippen molar-refractivity contribution in [1.82, 2.24) is 9.55 Å². The lowest BCUT2D eigenvalue weighted by Gasteiger charge is -2.21. The lowest BCUT2D eigenvalue weighted by atomic mass is 9.91. The van der Waals surface area contributed by atoms with E-state index < -0.39 is 0 Å². The summed E-state index contributed by atoms with van der Waals surface area (Å²) in [5, 5.41) is 0. The average Bonchev–Trinajstić information content (AvgIpc) is 2.89. The van der Waals surface area contributed by atoms with Gasteiger partial charge in [0.25, 0.3) is 0 Å². The van der Waals surface area contributed by atoms with Crippen molar-refractivity contribution in [3.63, 3.8) is 0 Å². The van der Waals surface area contributed by atoms with E-state index in [0.29, 0.717) is 12.7 Å². The summed E-state index contributed by atoms with van der Waals surface area (Å²) in [5.41, 5.74) is 4.90. The Kier molecular flexibility index (Phi) is 6.24. The Morgan fingerprint density at radius 2 is 1.97 bits per heavy atom. The van der Waals surface area contributed by atoms with Gasteiger partial charge >= 0.3 is 5.69 Å². The smallest absolute Gasteiger partial charge is 0.326 e. The topological polar surface area (TPSA) is 56.2 Å². The van der Waals surface area contributed by atoms with Gasteiger partial charge in [0.15, 0.2) is 0 Å². The van der Waals surface area contributed by atoms with Gasteiger partial charge in [0, 0.05) is 19.2 Å². The van der Waals surface area contributed by atoms with Crippen LogP contribution in [0.4, 0.5) is 0 Å². The standard InChI is InChI=1S/C24H32N2O3/c1-3-29-21-13-14-22-23(16-21)26(24(27)25-22)19-6-4-5-17(7-10-19)15-18-8-11-20(28-2)12-9-18/h5,8,13-14,16,19-20H,3-4,6-7,9-12,15H2,1-2H3,(H,25,27)/t19?,20-/m1/s1. The summed E-state index contributed by atoms with van der Waals surface area (Å²) in [6, 6.07) is 6.08. The minimum Gasteiger partial charge on any atom is -0.494 e. The lowest BCUT2D eigenvalue weighted by Crippen LogP contribution is -2.22. The first kappa shape index (κ1) is 20.0. The molecule has 2 aliphatic rings. The van der Waals surface area contributed by atoms with Crippen LogP contribution >= 0.6 is 0 Å². The lowest BCUT2D eigenvalue weighted by molar-refractivity contribution is 0.0938. The van der Waals surface area contributed by atoms with Gasteiger partial charge in [-0.1, -0.05) is 23.3 Å². The second-order valence-corrected chi connectivity index (χ2v) is 8.22. The fourth-order valence-electron chi connectivity index (χ4n) is 4.75.